The Morgan fingerprint density at radius 3 is 2.89 bits per heavy atom. The molecule has 1 aromatic heterocycles. The molecule has 1 N–H and O–H groups in total. The summed E-state index contributed by atoms with van der Waals surface area (Å²) in [5, 5.41) is 13.2. The summed E-state index contributed by atoms with van der Waals surface area (Å²) in [5.74, 6) is 1.30. The van der Waals surface area contributed by atoms with Crippen LogP contribution in [0.4, 0.5) is 0 Å². The van der Waals surface area contributed by atoms with Gasteiger partial charge in [-0.2, -0.15) is 4.98 Å². The van der Waals surface area contributed by atoms with Crippen molar-refractivity contribution >= 4 is 0 Å². The van der Waals surface area contributed by atoms with E-state index in [2.05, 4.69) is 28.9 Å². The van der Waals surface area contributed by atoms with E-state index in [1.807, 2.05) is 0 Å². The van der Waals surface area contributed by atoms with E-state index < -0.39 is 6.10 Å². The van der Waals surface area contributed by atoms with Crippen LogP contribution in [0.2, 0.25) is 0 Å². The van der Waals surface area contributed by atoms with Gasteiger partial charge in [-0.3, -0.25) is 4.90 Å². The fourth-order valence-corrected chi connectivity index (χ4v) is 2.68. The van der Waals surface area contributed by atoms with Crippen LogP contribution in [-0.4, -0.2) is 44.9 Å². The Hall–Kier alpha value is -0.940. The summed E-state index contributed by atoms with van der Waals surface area (Å²) in [6.45, 7) is 7.35. The van der Waals surface area contributed by atoms with Gasteiger partial charge in [-0.25, -0.2) is 0 Å². The van der Waals surface area contributed by atoms with Gasteiger partial charge in [0.15, 0.2) is 5.82 Å². The monoisotopic (exact) mass is 253 g/mol. The number of aromatic nitrogens is 2. The third-order valence-corrected chi connectivity index (χ3v) is 3.48. The average Bonchev–Trinajstić information content (AvgIpc) is 2.87. The molecule has 0 aromatic carbocycles. The van der Waals surface area contributed by atoms with E-state index in [-0.39, 0.29) is 0 Å². The van der Waals surface area contributed by atoms with Crippen LogP contribution in [0.3, 0.4) is 0 Å². The van der Waals surface area contributed by atoms with Crippen LogP contribution in [0.15, 0.2) is 4.52 Å². The number of hydrogen-bond donors (Lipinski definition) is 1. The molecule has 1 saturated heterocycles. The maximum absolute atomic E-state index is 9.28. The van der Waals surface area contributed by atoms with Crippen molar-refractivity contribution in [3.05, 3.63) is 11.7 Å². The van der Waals surface area contributed by atoms with E-state index in [1.165, 1.54) is 12.8 Å². The first-order chi connectivity index (χ1) is 8.56. The van der Waals surface area contributed by atoms with Gasteiger partial charge in [0.1, 0.15) is 0 Å². The minimum absolute atomic E-state index is 0.422. The van der Waals surface area contributed by atoms with Crippen LogP contribution in [0.5, 0.6) is 0 Å². The first-order valence-electron chi connectivity index (χ1n) is 6.81. The second kappa shape index (κ2) is 5.80. The minimum atomic E-state index is -0.422. The highest BCUT2D eigenvalue weighted by atomic mass is 16.5. The largest absolute Gasteiger partial charge is 0.393 e. The van der Waals surface area contributed by atoms with E-state index in [0.717, 1.165) is 13.0 Å². The molecule has 0 spiro atoms. The first-order valence-corrected chi connectivity index (χ1v) is 6.81. The number of hydrogen-bond acceptors (Lipinski definition) is 5. The van der Waals surface area contributed by atoms with E-state index in [9.17, 15) is 5.11 Å². The molecule has 2 rings (SSSR count). The number of aliphatic hydroxyl groups is 1. The van der Waals surface area contributed by atoms with Crippen molar-refractivity contribution in [2.45, 2.75) is 64.6 Å². The molecule has 2 heterocycles. The topological polar surface area (TPSA) is 62.4 Å². The van der Waals surface area contributed by atoms with Crippen molar-refractivity contribution in [2.75, 3.05) is 6.54 Å². The summed E-state index contributed by atoms with van der Waals surface area (Å²) < 4.78 is 5.26. The second-order valence-electron chi connectivity index (χ2n) is 5.49. The van der Waals surface area contributed by atoms with Gasteiger partial charge in [0.2, 0.25) is 5.89 Å². The normalized spacial score (nSPS) is 22.8. The predicted octanol–water partition coefficient (Wildman–Crippen LogP) is 1.41. The summed E-state index contributed by atoms with van der Waals surface area (Å²) in [6, 6.07) is 1.09. The Balaban J connectivity index is 1.94. The summed E-state index contributed by atoms with van der Waals surface area (Å²) in [5.41, 5.74) is 0. The van der Waals surface area contributed by atoms with Gasteiger partial charge >= 0.3 is 0 Å². The van der Waals surface area contributed by atoms with Crippen LogP contribution >= 0.6 is 0 Å². The molecule has 1 aliphatic heterocycles. The molecule has 102 valence electrons. The van der Waals surface area contributed by atoms with E-state index >= 15 is 0 Å². The van der Waals surface area contributed by atoms with Gasteiger partial charge < -0.3 is 9.63 Å². The highest BCUT2D eigenvalue weighted by Crippen LogP contribution is 2.22. The number of nitrogens with zero attached hydrogens (tertiary/aromatic N) is 3. The maximum Gasteiger partial charge on any atom is 0.228 e. The van der Waals surface area contributed by atoms with Crippen molar-refractivity contribution in [1.29, 1.82) is 0 Å². The number of likely N-dealkylation sites (tertiary alicyclic amines) is 1. The number of rotatable bonds is 5. The van der Waals surface area contributed by atoms with Crippen molar-refractivity contribution in [3.63, 3.8) is 0 Å². The molecule has 0 saturated carbocycles. The molecule has 1 aliphatic rings. The summed E-state index contributed by atoms with van der Waals surface area (Å²) in [6.07, 6.45) is 3.31. The lowest BCUT2D eigenvalue weighted by Gasteiger charge is -2.27. The minimum Gasteiger partial charge on any atom is -0.393 e. The van der Waals surface area contributed by atoms with Crippen LogP contribution < -0.4 is 0 Å². The van der Waals surface area contributed by atoms with Crippen LogP contribution in [0.25, 0.3) is 0 Å². The molecular weight excluding hydrogens is 230 g/mol. The maximum atomic E-state index is 9.28. The summed E-state index contributed by atoms with van der Waals surface area (Å²) >= 11 is 0. The van der Waals surface area contributed by atoms with Gasteiger partial charge in [0, 0.05) is 24.9 Å². The SMILES string of the molecule is CC(O)Cc1noc(CC2CCCN2C(C)C)n1. The summed E-state index contributed by atoms with van der Waals surface area (Å²) in [4.78, 5) is 6.84. The van der Waals surface area contributed by atoms with Crippen LogP contribution in [0.1, 0.15) is 45.3 Å². The van der Waals surface area contributed by atoms with Gasteiger partial charge in [-0.1, -0.05) is 5.16 Å². The molecule has 1 aromatic rings. The van der Waals surface area contributed by atoms with Crippen molar-refractivity contribution < 1.29 is 9.63 Å². The highest BCUT2D eigenvalue weighted by Gasteiger charge is 2.28. The Bertz CT molecular complexity index is 376. The highest BCUT2D eigenvalue weighted by molar-refractivity contribution is 4.93. The summed E-state index contributed by atoms with van der Waals surface area (Å²) in [7, 11) is 0. The molecule has 5 nitrogen and oxygen atoms in total. The van der Waals surface area contributed by atoms with Gasteiger partial charge in [0.05, 0.1) is 6.10 Å². The van der Waals surface area contributed by atoms with Gasteiger partial charge in [0.25, 0.3) is 0 Å². The Labute approximate surface area is 108 Å². The fraction of sp³-hybridized carbons (Fsp3) is 0.846. The zero-order valence-electron chi connectivity index (χ0n) is 11.5. The van der Waals surface area contributed by atoms with Crippen molar-refractivity contribution in [3.8, 4) is 0 Å². The zero-order chi connectivity index (χ0) is 13.1. The molecule has 2 atom stereocenters. The Morgan fingerprint density at radius 2 is 2.22 bits per heavy atom. The van der Waals surface area contributed by atoms with Gasteiger partial charge in [-0.05, 0) is 40.2 Å². The molecule has 18 heavy (non-hydrogen) atoms. The fourth-order valence-electron chi connectivity index (χ4n) is 2.68. The molecule has 0 bridgehead atoms. The first kappa shape index (κ1) is 13.5. The third kappa shape index (κ3) is 3.29. The molecule has 0 aliphatic carbocycles. The number of aliphatic hydroxyl groups excluding tert-OH is 1. The van der Waals surface area contributed by atoms with Crippen LogP contribution in [-0.2, 0) is 12.8 Å². The average molecular weight is 253 g/mol. The standard InChI is InChI=1S/C13H23N3O2/c1-9(2)16-6-4-5-11(16)8-13-14-12(15-18-13)7-10(3)17/h9-11,17H,4-8H2,1-3H3. The smallest absolute Gasteiger partial charge is 0.228 e. The third-order valence-electron chi connectivity index (χ3n) is 3.48. The molecular formula is C13H23N3O2. The van der Waals surface area contributed by atoms with E-state index in [1.54, 1.807) is 6.92 Å². The molecule has 0 radical (unpaired) electrons. The quantitative estimate of drug-likeness (QED) is 0.859. The molecule has 0 amide bonds. The second-order valence-corrected chi connectivity index (χ2v) is 5.49. The van der Waals surface area contributed by atoms with E-state index in [0.29, 0.717) is 30.2 Å². The molecule has 2 unspecified atom stereocenters. The zero-order valence-corrected chi connectivity index (χ0v) is 11.5. The van der Waals surface area contributed by atoms with Crippen LogP contribution in [0, 0.1) is 0 Å². The van der Waals surface area contributed by atoms with E-state index in [4.69, 9.17) is 4.52 Å². The van der Waals surface area contributed by atoms with Crippen molar-refractivity contribution in [1.82, 2.24) is 15.0 Å². The lowest BCUT2D eigenvalue weighted by molar-refractivity contribution is 0.189. The van der Waals surface area contributed by atoms with Gasteiger partial charge in [-0.15, -0.1) is 0 Å². The molecule has 1 fully saturated rings. The Kier molecular flexibility index (Phi) is 4.35. The predicted molar refractivity (Wildman–Crippen MR) is 68.3 cm³/mol. The van der Waals surface area contributed by atoms with Crippen molar-refractivity contribution in [2.24, 2.45) is 0 Å². The Morgan fingerprint density at radius 1 is 1.44 bits per heavy atom. The molecule has 5 heteroatoms. The lowest BCUT2D eigenvalue weighted by atomic mass is 10.1. The lowest BCUT2D eigenvalue weighted by Crippen LogP contribution is -2.36.